The Morgan fingerprint density at radius 3 is 2.72 bits per heavy atom. The summed E-state index contributed by atoms with van der Waals surface area (Å²) >= 11 is 7.43. The molecule has 1 heterocycles. The molecule has 4 nitrogen and oxygen atoms in total. The van der Waals surface area contributed by atoms with Gasteiger partial charge in [-0.2, -0.15) is 0 Å². The van der Waals surface area contributed by atoms with Crippen molar-refractivity contribution in [3.63, 3.8) is 0 Å². The zero-order valence-corrected chi connectivity index (χ0v) is 19.5. The minimum Gasteiger partial charge on any atom is -0.356 e. The Bertz CT molecular complexity index is 1030. The number of carbonyl (C=O) groups is 2. The lowest BCUT2D eigenvalue weighted by Crippen LogP contribution is -2.52. The number of likely N-dealkylation sites (N-methyl/N-ethyl adjacent to an activating group) is 1. The summed E-state index contributed by atoms with van der Waals surface area (Å²) in [7, 11) is 1.79. The topological polar surface area (TPSA) is 49.4 Å². The van der Waals surface area contributed by atoms with Crippen LogP contribution in [0.4, 0.5) is 4.39 Å². The minimum atomic E-state index is -0.336. The molecule has 4 rings (SSSR count). The van der Waals surface area contributed by atoms with Gasteiger partial charge in [0.1, 0.15) is 5.82 Å². The van der Waals surface area contributed by atoms with Gasteiger partial charge in [0.25, 0.3) is 5.91 Å². The number of hydrogen-bond donors (Lipinski definition) is 1. The lowest BCUT2D eigenvalue weighted by molar-refractivity contribution is -0.131. The minimum absolute atomic E-state index is 0.00559. The maximum atomic E-state index is 14.0. The fraction of sp³-hybridized carbons (Fsp3) is 0.360. The van der Waals surface area contributed by atoms with Gasteiger partial charge < -0.3 is 10.2 Å². The van der Waals surface area contributed by atoms with E-state index >= 15 is 0 Å². The fourth-order valence-electron chi connectivity index (χ4n) is 4.39. The largest absolute Gasteiger partial charge is 0.356 e. The molecule has 3 atom stereocenters. The quantitative estimate of drug-likeness (QED) is 0.628. The Hall–Kier alpha value is -2.31. The predicted molar refractivity (Wildman–Crippen MR) is 128 cm³/mol. The van der Waals surface area contributed by atoms with Gasteiger partial charge in [0, 0.05) is 41.4 Å². The predicted octanol–water partition coefficient (Wildman–Crippen LogP) is 4.92. The van der Waals surface area contributed by atoms with Crippen molar-refractivity contribution >= 4 is 41.3 Å². The number of nitrogens with one attached hydrogen (secondary N) is 1. The smallest absolute Gasteiger partial charge is 0.260 e. The number of thioether (sulfide) groups is 1. The van der Waals surface area contributed by atoms with Crippen LogP contribution in [0.3, 0.4) is 0 Å². The van der Waals surface area contributed by atoms with Crippen LogP contribution in [0, 0.1) is 11.7 Å². The summed E-state index contributed by atoms with van der Waals surface area (Å²) in [6.45, 7) is 0.574. The second-order valence-corrected chi connectivity index (χ2v) is 10.1. The number of amides is 2. The first kappa shape index (κ1) is 22.9. The molecule has 1 aliphatic carbocycles. The van der Waals surface area contributed by atoms with Crippen LogP contribution < -0.4 is 5.32 Å². The molecular weight excluding hydrogens is 447 g/mol. The zero-order valence-electron chi connectivity index (χ0n) is 17.9. The van der Waals surface area contributed by atoms with E-state index in [2.05, 4.69) is 5.32 Å². The monoisotopic (exact) mass is 472 g/mol. The first-order valence-corrected chi connectivity index (χ1v) is 12.1. The molecule has 0 aromatic heterocycles. The van der Waals surface area contributed by atoms with Gasteiger partial charge in [0.05, 0.1) is 4.91 Å². The van der Waals surface area contributed by atoms with E-state index in [-0.39, 0.29) is 34.8 Å². The molecule has 168 valence electrons. The van der Waals surface area contributed by atoms with Crippen molar-refractivity contribution < 1.29 is 14.0 Å². The van der Waals surface area contributed by atoms with Gasteiger partial charge in [-0.15, -0.1) is 11.8 Å². The third kappa shape index (κ3) is 5.18. The summed E-state index contributed by atoms with van der Waals surface area (Å²) in [5, 5.41) is 3.97. The van der Waals surface area contributed by atoms with Gasteiger partial charge in [-0.1, -0.05) is 41.9 Å². The molecule has 3 unspecified atom stereocenters. The molecule has 2 amide bonds. The van der Waals surface area contributed by atoms with Crippen molar-refractivity contribution in [3.8, 4) is 0 Å². The van der Waals surface area contributed by atoms with Crippen LogP contribution in [0.15, 0.2) is 53.4 Å². The molecule has 32 heavy (non-hydrogen) atoms. The molecule has 2 fully saturated rings. The molecule has 2 aromatic rings. The van der Waals surface area contributed by atoms with Crippen molar-refractivity contribution in [2.24, 2.45) is 5.92 Å². The summed E-state index contributed by atoms with van der Waals surface area (Å²) in [5.74, 6) is -0.495. The second kappa shape index (κ2) is 10.1. The van der Waals surface area contributed by atoms with Crippen LogP contribution in [-0.4, -0.2) is 41.6 Å². The van der Waals surface area contributed by atoms with E-state index in [0.29, 0.717) is 28.5 Å². The van der Waals surface area contributed by atoms with Crippen LogP contribution in [0.5, 0.6) is 0 Å². The van der Waals surface area contributed by atoms with Gasteiger partial charge in [0.2, 0.25) is 5.91 Å². The Labute approximate surface area is 197 Å². The van der Waals surface area contributed by atoms with E-state index in [0.717, 1.165) is 24.8 Å². The van der Waals surface area contributed by atoms with Gasteiger partial charge in [-0.25, -0.2) is 4.39 Å². The Morgan fingerprint density at radius 2 is 1.97 bits per heavy atom. The molecule has 1 aliphatic heterocycles. The molecule has 1 N–H and O–H groups in total. The second-order valence-electron chi connectivity index (χ2n) is 8.35. The van der Waals surface area contributed by atoms with Gasteiger partial charge in [0.15, 0.2) is 0 Å². The summed E-state index contributed by atoms with van der Waals surface area (Å²) in [6.07, 6.45) is 4.68. The van der Waals surface area contributed by atoms with E-state index in [1.807, 2.05) is 24.3 Å². The van der Waals surface area contributed by atoms with Crippen molar-refractivity contribution in [3.05, 3.63) is 75.4 Å². The third-order valence-electron chi connectivity index (χ3n) is 6.25. The number of fused-ring (bicyclic) bond motifs is 1. The molecule has 0 bridgehead atoms. The maximum Gasteiger partial charge on any atom is 0.260 e. The highest BCUT2D eigenvalue weighted by Crippen LogP contribution is 2.43. The summed E-state index contributed by atoms with van der Waals surface area (Å²) in [5.41, 5.74) is 1.55. The standard InChI is InChI=1S/C25H26ClFN2O2S/c1-29-21-14-18(24(30)28-13-12-16-6-9-19(26)10-7-16)8-11-22(21)32-23(25(29)31)15-17-4-2-3-5-20(17)27/h2-7,9-10,15,18,21-22H,8,11-14H2,1H3,(H,28,30)/b23-15-. The molecule has 2 aromatic carbocycles. The SMILES string of the molecule is CN1C(=O)/C(=C/c2ccccc2F)SC2CCC(C(=O)NCCc3ccc(Cl)cc3)CC21. The number of hydrogen-bond acceptors (Lipinski definition) is 3. The van der Waals surface area contributed by atoms with E-state index in [1.165, 1.54) is 17.8 Å². The number of carbonyl (C=O) groups excluding carboxylic acids is 2. The summed E-state index contributed by atoms with van der Waals surface area (Å²) in [6, 6.07) is 14.1. The van der Waals surface area contributed by atoms with Gasteiger partial charge >= 0.3 is 0 Å². The number of rotatable bonds is 5. The lowest BCUT2D eigenvalue weighted by Gasteiger charge is -2.44. The summed E-state index contributed by atoms with van der Waals surface area (Å²) in [4.78, 5) is 28.0. The lowest BCUT2D eigenvalue weighted by atomic mass is 9.83. The Kier molecular flexibility index (Phi) is 7.21. The molecular formula is C25H26ClFN2O2S. The maximum absolute atomic E-state index is 14.0. The molecule has 1 saturated carbocycles. The third-order valence-corrected chi connectivity index (χ3v) is 7.90. The molecule has 1 saturated heterocycles. The van der Waals surface area contributed by atoms with Crippen LogP contribution >= 0.6 is 23.4 Å². The van der Waals surface area contributed by atoms with Crippen molar-refractivity contribution in [1.29, 1.82) is 0 Å². The highest BCUT2D eigenvalue weighted by Gasteiger charge is 2.42. The summed E-state index contributed by atoms with van der Waals surface area (Å²) < 4.78 is 14.0. The van der Waals surface area contributed by atoms with Gasteiger partial charge in [-0.3, -0.25) is 9.59 Å². The number of benzene rings is 2. The number of nitrogens with zero attached hydrogens (tertiary/aromatic N) is 1. The Balaban J connectivity index is 1.35. The fourth-order valence-corrected chi connectivity index (χ4v) is 5.99. The average molecular weight is 473 g/mol. The van der Waals surface area contributed by atoms with Crippen LogP contribution in [0.25, 0.3) is 6.08 Å². The molecule has 0 radical (unpaired) electrons. The Morgan fingerprint density at radius 1 is 1.22 bits per heavy atom. The van der Waals surface area contributed by atoms with Crippen molar-refractivity contribution in [2.45, 2.75) is 37.0 Å². The van der Waals surface area contributed by atoms with E-state index in [4.69, 9.17) is 11.6 Å². The van der Waals surface area contributed by atoms with Crippen molar-refractivity contribution in [2.75, 3.05) is 13.6 Å². The number of halogens is 2. The van der Waals surface area contributed by atoms with Crippen LogP contribution in [0.1, 0.15) is 30.4 Å². The highest BCUT2D eigenvalue weighted by molar-refractivity contribution is 8.04. The van der Waals surface area contributed by atoms with Crippen LogP contribution in [-0.2, 0) is 16.0 Å². The zero-order chi connectivity index (χ0) is 22.7. The average Bonchev–Trinajstić information content (AvgIpc) is 2.79. The highest BCUT2D eigenvalue weighted by atomic mass is 35.5. The van der Waals surface area contributed by atoms with Crippen LogP contribution in [0.2, 0.25) is 5.02 Å². The van der Waals surface area contributed by atoms with Gasteiger partial charge in [-0.05, 0) is 55.5 Å². The normalized spacial score (nSPS) is 24.3. The first-order chi connectivity index (χ1) is 15.4. The van der Waals surface area contributed by atoms with E-state index < -0.39 is 0 Å². The van der Waals surface area contributed by atoms with E-state index in [1.54, 1.807) is 36.2 Å². The van der Waals surface area contributed by atoms with E-state index in [9.17, 15) is 14.0 Å². The first-order valence-electron chi connectivity index (χ1n) is 10.8. The molecule has 2 aliphatic rings. The van der Waals surface area contributed by atoms with Crippen molar-refractivity contribution in [1.82, 2.24) is 10.2 Å². The molecule has 7 heteroatoms. The molecule has 0 spiro atoms.